The van der Waals surface area contributed by atoms with Gasteiger partial charge in [-0.2, -0.15) is 0 Å². The molecule has 0 bridgehead atoms. The largest absolute Gasteiger partial charge is 0.351 e. The van der Waals surface area contributed by atoms with Crippen LogP contribution < -0.4 is 10.6 Å². The molecule has 2 unspecified atom stereocenters. The van der Waals surface area contributed by atoms with Gasteiger partial charge in [0.15, 0.2) is 0 Å². The quantitative estimate of drug-likeness (QED) is 0.693. The fourth-order valence-electron chi connectivity index (χ4n) is 2.44. The molecule has 1 aliphatic carbocycles. The molecule has 0 aromatic heterocycles. The molecular formula is C11H20N2O. The minimum Gasteiger partial charge on any atom is -0.351 e. The molecule has 0 aromatic carbocycles. The fourth-order valence-corrected chi connectivity index (χ4v) is 2.44. The van der Waals surface area contributed by atoms with Crippen molar-refractivity contribution in [1.29, 1.82) is 0 Å². The van der Waals surface area contributed by atoms with E-state index >= 15 is 0 Å². The molecule has 3 nitrogen and oxygen atoms in total. The lowest BCUT2D eigenvalue weighted by Gasteiger charge is -2.40. The van der Waals surface area contributed by atoms with Gasteiger partial charge in [-0.25, -0.2) is 0 Å². The maximum Gasteiger partial charge on any atom is 0.225 e. The average molecular weight is 196 g/mol. The molecule has 2 aliphatic rings. The molecule has 2 atom stereocenters. The molecule has 0 aromatic rings. The topological polar surface area (TPSA) is 41.1 Å². The molecule has 3 heteroatoms. The number of amides is 1. The molecule has 1 saturated heterocycles. The van der Waals surface area contributed by atoms with Gasteiger partial charge in [0.05, 0.1) is 5.92 Å². The highest BCUT2D eigenvalue weighted by atomic mass is 16.2. The van der Waals surface area contributed by atoms with Gasteiger partial charge in [-0.15, -0.1) is 0 Å². The number of carbonyl (C=O) groups is 1. The maximum atomic E-state index is 11.9. The van der Waals surface area contributed by atoms with Crippen molar-refractivity contribution in [2.45, 2.75) is 51.1 Å². The van der Waals surface area contributed by atoms with Gasteiger partial charge < -0.3 is 10.6 Å². The Labute approximate surface area is 85.6 Å². The van der Waals surface area contributed by atoms with Crippen molar-refractivity contribution >= 4 is 5.91 Å². The van der Waals surface area contributed by atoms with Crippen molar-refractivity contribution < 1.29 is 4.79 Å². The SMILES string of the molecule is CC1NCCC1C(=O)NC1(C)CCC1. The normalized spacial score (nSPS) is 35.0. The summed E-state index contributed by atoms with van der Waals surface area (Å²) < 4.78 is 0. The molecule has 1 saturated carbocycles. The number of nitrogens with one attached hydrogen (secondary N) is 2. The van der Waals surface area contributed by atoms with Crippen LogP contribution in [0.1, 0.15) is 39.5 Å². The maximum absolute atomic E-state index is 11.9. The second-order valence-corrected chi connectivity index (χ2v) is 5.04. The van der Waals surface area contributed by atoms with Crippen molar-refractivity contribution in [3.63, 3.8) is 0 Å². The monoisotopic (exact) mass is 196 g/mol. The number of hydrogen-bond acceptors (Lipinski definition) is 2. The fraction of sp³-hybridized carbons (Fsp3) is 0.909. The minimum absolute atomic E-state index is 0.111. The van der Waals surface area contributed by atoms with Crippen molar-refractivity contribution in [1.82, 2.24) is 10.6 Å². The van der Waals surface area contributed by atoms with E-state index in [9.17, 15) is 4.79 Å². The van der Waals surface area contributed by atoms with Crippen LogP contribution in [-0.2, 0) is 4.79 Å². The van der Waals surface area contributed by atoms with Crippen molar-refractivity contribution in [2.75, 3.05) is 6.54 Å². The van der Waals surface area contributed by atoms with E-state index in [4.69, 9.17) is 0 Å². The summed E-state index contributed by atoms with van der Waals surface area (Å²) in [6.07, 6.45) is 4.54. The number of rotatable bonds is 2. The van der Waals surface area contributed by atoms with E-state index in [2.05, 4.69) is 24.5 Å². The van der Waals surface area contributed by atoms with Crippen LogP contribution in [-0.4, -0.2) is 24.0 Å². The van der Waals surface area contributed by atoms with Gasteiger partial charge in [-0.05, 0) is 46.1 Å². The molecule has 1 amide bonds. The molecule has 0 radical (unpaired) electrons. The third-order valence-corrected chi connectivity index (χ3v) is 3.74. The highest BCUT2D eigenvalue weighted by Gasteiger charge is 2.37. The first-order valence-electron chi connectivity index (χ1n) is 5.66. The summed E-state index contributed by atoms with van der Waals surface area (Å²) in [7, 11) is 0. The van der Waals surface area contributed by atoms with Crippen molar-refractivity contribution in [3.8, 4) is 0 Å². The molecule has 1 heterocycles. The Morgan fingerprint density at radius 1 is 1.50 bits per heavy atom. The van der Waals surface area contributed by atoms with Crippen LogP contribution in [0.15, 0.2) is 0 Å². The number of hydrogen-bond donors (Lipinski definition) is 2. The average Bonchev–Trinajstić information content (AvgIpc) is 2.48. The van der Waals surface area contributed by atoms with Crippen molar-refractivity contribution in [3.05, 3.63) is 0 Å². The van der Waals surface area contributed by atoms with Gasteiger partial charge in [-0.3, -0.25) is 4.79 Å². The van der Waals surface area contributed by atoms with Crippen LogP contribution in [0.5, 0.6) is 0 Å². The second-order valence-electron chi connectivity index (χ2n) is 5.04. The standard InChI is InChI=1S/C11H20N2O/c1-8-9(4-7-12-8)10(14)13-11(2)5-3-6-11/h8-9,12H,3-7H2,1-2H3,(H,13,14). The van der Waals surface area contributed by atoms with E-state index in [1.807, 2.05) is 0 Å². The molecule has 2 fully saturated rings. The zero-order valence-electron chi connectivity index (χ0n) is 9.10. The van der Waals surface area contributed by atoms with E-state index < -0.39 is 0 Å². The van der Waals surface area contributed by atoms with E-state index in [1.165, 1.54) is 6.42 Å². The predicted molar refractivity (Wildman–Crippen MR) is 56.0 cm³/mol. The zero-order chi connectivity index (χ0) is 10.2. The van der Waals surface area contributed by atoms with Crippen LogP contribution in [0.4, 0.5) is 0 Å². The lowest BCUT2D eigenvalue weighted by atomic mass is 9.78. The zero-order valence-corrected chi connectivity index (χ0v) is 9.10. The molecule has 0 spiro atoms. The van der Waals surface area contributed by atoms with Crippen LogP contribution in [0, 0.1) is 5.92 Å². The van der Waals surface area contributed by atoms with Gasteiger partial charge in [-0.1, -0.05) is 0 Å². The Morgan fingerprint density at radius 2 is 2.21 bits per heavy atom. The first-order chi connectivity index (χ1) is 6.61. The van der Waals surface area contributed by atoms with Gasteiger partial charge in [0.1, 0.15) is 0 Å². The van der Waals surface area contributed by atoms with Gasteiger partial charge in [0, 0.05) is 11.6 Å². The summed E-state index contributed by atoms with van der Waals surface area (Å²) in [4.78, 5) is 11.9. The smallest absolute Gasteiger partial charge is 0.225 e. The summed E-state index contributed by atoms with van der Waals surface area (Å²) in [5, 5.41) is 6.50. The lowest BCUT2D eigenvalue weighted by Crippen LogP contribution is -2.53. The molecule has 1 aliphatic heterocycles. The summed E-state index contributed by atoms with van der Waals surface area (Å²) in [6.45, 7) is 5.23. The van der Waals surface area contributed by atoms with Crippen LogP contribution in [0.25, 0.3) is 0 Å². The Kier molecular flexibility index (Phi) is 2.52. The molecule has 80 valence electrons. The second kappa shape index (κ2) is 3.54. The Morgan fingerprint density at radius 3 is 2.64 bits per heavy atom. The van der Waals surface area contributed by atoms with Gasteiger partial charge in [0.25, 0.3) is 0 Å². The first kappa shape index (κ1) is 9.97. The summed E-state index contributed by atoms with van der Waals surface area (Å²) in [5.41, 5.74) is 0.111. The highest BCUT2D eigenvalue weighted by Crippen LogP contribution is 2.31. The Balaban J connectivity index is 1.88. The Bertz CT molecular complexity index is 235. The van der Waals surface area contributed by atoms with Crippen LogP contribution >= 0.6 is 0 Å². The molecule has 2 rings (SSSR count). The predicted octanol–water partition coefficient (Wildman–Crippen LogP) is 1.04. The third kappa shape index (κ3) is 1.78. The van der Waals surface area contributed by atoms with E-state index in [-0.39, 0.29) is 17.4 Å². The summed E-state index contributed by atoms with van der Waals surface area (Å²) in [5.74, 6) is 0.442. The molecule has 2 N–H and O–H groups in total. The molecular weight excluding hydrogens is 176 g/mol. The van der Waals surface area contributed by atoms with Crippen LogP contribution in [0.3, 0.4) is 0 Å². The van der Waals surface area contributed by atoms with E-state index in [0.717, 1.165) is 25.8 Å². The van der Waals surface area contributed by atoms with Crippen LogP contribution in [0.2, 0.25) is 0 Å². The van der Waals surface area contributed by atoms with E-state index in [0.29, 0.717) is 6.04 Å². The van der Waals surface area contributed by atoms with Crippen molar-refractivity contribution in [2.24, 2.45) is 5.92 Å². The minimum atomic E-state index is 0.111. The van der Waals surface area contributed by atoms with Gasteiger partial charge in [0.2, 0.25) is 5.91 Å². The van der Waals surface area contributed by atoms with E-state index in [1.54, 1.807) is 0 Å². The summed E-state index contributed by atoms with van der Waals surface area (Å²) in [6, 6.07) is 0.346. The molecule has 14 heavy (non-hydrogen) atoms. The third-order valence-electron chi connectivity index (χ3n) is 3.74. The van der Waals surface area contributed by atoms with Gasteiger partial charge >= 0.3 is 0 Å². The number of carbonyl (C=O) groups excluding carboxylic acids is 1. The summed E-state index contributed by atoms with van der Waals surface area (Å²) >= 11 is 0. The Hall–Kier alpha value is -0.570. The first-order valence-corrected chi connectivity index (χ1v) is 5.66. The highest BCUT2D eigenvalue weighted by molar-refractivity contribution is 5.80. The lowest BCUT2D eigenvalue weighted by molar-refractivity contribution is -0.127.